The average Bonchev–Trinajstić information content (AvgIpc) is 3.00. The monoisotopic (exact) mass is 495 g/mol. The molecule has 0 heterocycles. The standard InChI is InChI=1S/C25H32B2IN/c1-9-15-18-22-20(13-5)19(12-4)21(16-10-2)25(22)23(17-11-3)24(14-6)26-29(8)27(7)28/h9-18,25-26H,1,3-5H2,2,6-8H3/b16-10-,18-15-,23-17+,24-14+. The Labute approximate surface area is 192 Å². The average molecular weight is 495 g/mol. The van der Waals surface area contributed by atoms with Gasteiger partial charge >= 0.3 is 0 Å². The summed E-state index contributed by atoms with van der Waals surface area (Å²) in [6.45, 7) is 22.4. The lowest BCUT2D eigenvalue weighted by molar-refractivity contribution is 0.843. The van der Waals surface area contributed by atoms with Gasteiger partial charge in [-0.2, -0.15) is 0 Å². The minimum Gasteiger partial charge on any atom is -0.377 e. The number of nitrogens with zero attached hydrogens (tertiary/aromatic N) is 1. The van der Waals surface area contributed by atoms with Crippen LogP contribution in [0.3, 0.4) is 0 Å². The third-order valence-corrected chi connectivity index (χ3v) is 6.01. The highest BCUT2D eigenvalue weighted by atomic mass is 127. The number of hydrogen-bond acceptors (Lipinski definition) is 1. The van der Waals surface area contributed by atoms with Crippen LogP contribution in [-0.2, 0) is 0 Å². The van der Waals surface area contributed by atoms with Crippen molar-refractivity contribution in [1.82, 2.24) is 4.72 Å². The molecule has 0 radical (unpaired) electrons. The first-order valence-electron chi connectivity index (χ1n) is 9.89. The topological polar surface area (TPSA) is 3.24 Å². The molecule has 0 N–H and O–H groups in total. The lowest BCUT2D eigenvalue weighted by atomic mass is 9.65. The number of rotatable bonds is 11. The Morgan fingerprint density at radius 1 is 1.03 bits per heavy atom. The smallest absolute Gasteiger partial charge is 0.283 e. The van der Waals surface area contributed by atoms with Gasteiger partial charge in [-0.15, -0.1) is 22.4 Å². The Morgan fingerprint density at radius 3 is 2.03 bits per heavy atom. The molecule has 0 aromatic rings. The van der Waals surface area contributed by atoms with E-state index < -0.39 is 0 Å². The van der Waals surface area contributed by atoms with Crippen molar-refractivity contribution < 1.29 is 0 Å². The van der Waals surface area contributed by atoms with Crippen LogP contribution < -0.4 is 0 Å². The van der Waals surface area contributed by atoms with E-state index in [0.717, 1.165) is 18.6 Å². The molecule has 1 rings (SSSR count). The molecule has 0 saturated heterocycles. The summed E-state index contributed by atoms with van der Waals surface area (Å²) in [6, 6.07) is 0. The molecule has 29 heavy (non-hydrogen) atoms. The first kappa shape index (κ1) is 25.3. The minimum absolute atomic E-state index is 0.0884. The first-order valence-corrected chi connectivity index (χ1v) is 11.1. The molecule has 0 aromatic heterocycles. The van der Waals surface area contributed by atoms with Crippen LogP contribution in [0.15, 0.2) is 120 Å². The molecule has 0 aliphatic heterocycles. The molecule has 1 aliphatic carbocycles. The van der Waals surface area contributed by atoms with E-state index in [1.54, 1.807) is 0 Å². The fraction of sp³-hybridized carbons (Fsp3) is 0.200. The van der Waals surface area contributed by atoms with Gasteiger partial charge < -0.3 is 4.72 Å². The second kappa shape index (κ2) is 12.7. The van der Waals surface area contributed by atoms with Gasteiger partial charge in [0.2, 0.25) is 7.41 Å². The zero-order valence-electron chi connectivity index (χ0n) is 18.3. The highest BCUT2D eigenvalue weighted by Gasteiger charge is 2.33. The van der Waals surface area contributed by atoms with E-state index in [1.807, 2.05) is 30.4 Å². The summed E-state index contributed by atoms with van der Waals surface area (Å²) >= 11 is 2.45. The van der Waals surface area contributed by atoms with Crippen molar-refractivity contribution in [1.29, 1.82) is 0 Å². The van der Waals surface area contributed by atoms with E-state index in [-0.39, 0.29) is 5.92 Å². The van der Waals surface area contributed by atoms with Gasteiger partial charge in [-0.25, -0.2) is 0 Å². The molecular formula is C25H32B2IN. The number of allylic oxidation sites excluding steroid dienone is 16. The molecule has 1 atom stereocenters. The fourth-order valence-electron chi connectivity index (χ4n) is 3.56. The number of halogens is 1. The van der Waals surface area contributed by atoms with E-state index in [2.05, 4.69) is 112 Å². The van der Waals surface area contributed by atoms with Gasteiger partial charge in [0.15, 0.2) is 0 Å². The van der Waals surface area contributed by atoms with Gasteiger partial charge in [0.1, 0.15) is 0 Å². The predicted molar refractivity (Wildman–Crippen MR) is 145 cm³/mol. The molecule has 0 spiro atoms. The molecule has 0 amide bonds. The van der Waals surface area contributed by atoms with Crippen LogP contribution >= 0.6 is 22.4 Å². The highest BCUT2D eigenvalue weighted by Crippen LogP contribution is 2.45. The largest absolute Gasteiger partial charge is 0.377 e. The molecule has 0 saturated carbocycles. The summed E-state index contributed by atoms with van der Waals surface area (Å²) in [6.07, 6.45) is 20.3. The molecule has 1 nitrogen and oxygen atoms in total. The third kappa shape index (κ3) is 6.10. The van der Waals surface area contributed by atoms with E-state index in [4.69, 9.17) is 0 Å². The van der Waals surface area contributed by atoms with Crippen molar-refractivity contribution in [2.45, 2.75) is 20.7 Å². The quantitative estimate of drug-likeness (QED) is 0.174. The van der Waals surface area contributed by atoms with E-state index in [0.29, 0.717) is 4.70 Å². The first-order chi connectivity index (χ1) is 13.9. The van der Waals surface area contributed by atoms with Crippen molar-refractivity contribution in [2.24, 2.45) is 5.92 Å². The van der Waals surface area contributed by atoms with Crippen molar-refractivity contribution in [3.63, 3.8) is 0 Å². The van der Waals surface area contributed by atoms with Gasteiger partial charge in [0.05, 0.1) is 0 Å². The molecule has 0 fully saturated rings. The van der Waals surface area contributed by atoms with Crippen LogP contribution in [-0.4, -0.2) is 23.9 Å². The van der Waals surface area contributed by atoms with Gasteiger partial charge in [-0.3, -0.25) is 0 Å². The van der Waals surface area contributed by atoms with E-state index in [9.17, 15) is 0 Å². The maximum atomic E-state index is 4.08. The van der Waals surface area contributed by atoms with Crippen LogP contribution in [0.1, 0.15) is 13.8 Å². The minimum atomic E-state index is 0.0884. The summed E-state index contributed by atoms with van der Waals surface area (Å²) < 4.78 is 2.77. The molecular weight excluding hydrogens is 463 g/mol. The fourth-order valence-corrected chi connectivity index (χ4v) is 3.76. The van der Waals surface area contributed by atoms with Crippen LogP contribution in [0.4, 0.5) is 0 Å². The Bertz CT molecular complexity index is 835. The maximum Gasteiger partial charge on any atom is 0.283 e. The van der Waals surface area contributed by atoms with Crippen molar-refractivity contribution in [2.75, 3.05) is 7.05 Å². The normalized spacial score (nSPS) is 18.2. The molecule has 150 valence electrons. The predicted octanol–water partition coefficient (Wildman–Crippen LogP) is 6.75. The van der Waals surface area contributed by atoms with Crippen LogP contribution in [0.5, 0.6) is 0 Å². The van der Waals surface area contributed by atoms with E-state index >= 15 is 0 Å². The molecule has 1 unspecified atom stereocenters. The molecule has 0 aromatic carbocycles. The van der Waals surface area contributed by atoms with Gasteiger partial charge in [-0.05, 0) is 48.8 Å². The number of hydrogen-bond donors (Lipinski definition) is 0. The summed E-state index contributed by atoms with van der Waals surface area (Å²) in [5.41, 5.74) is 7.24. The van der Waals surface area contributed by atoms with Crippen LogP contribution in [0.2, 0.25) is 6.82 Å². The van der Waals surface area contributed by atoms with E-state index in [1.165, 1.54) is 22.2 Å². The Hall–Kier alpha value is -1.78. The van der Waals surface area contributed by atoms with Crippen molar-refractivity contribution in [3.8, 4) is 0 Å². The Balaban J connectivity index is 3.77. The van der Waals surface area contributed by atoms with Crippen LogP contribution in [0.25, 0.3) is 0 Å². The van der Waals surface area contributed by atoms with Crippen LogP contribution in [0, 0.1) is 5.92 Å². The summed E-state index contributed by atoms with van der Waals surface area (Å²) in [5.74, 6) is 0.0884. The Morgan fingerprint density at radius 2 is 1.62 bits per heavy atom. The molecule has 0 bridgehead atoms. The zero-order valence-corrected chi connectivity index (χ0v) is 20.4. The van der Waals surface area contributed by atoms with Gasteiger partial charge in [0, 0.05) is 5.92 Å². The van der Waals surface area contributed by atoms with Gasteiger partial charge in [-0.1, -0.05) is 99.4 Å². The van der Waals surface area contributed by atoms with Crippen molar-refractivity contribution in [3.05, 3.63) is 120 Å². The second-order valence-corrected chi connectivity index (χ2v) is 8.64. The second-order valence-electron chi connectivity index (χ2n) is 6.83. The third-order valence-electron chi connectivity index (χ3n) is 5.06. The summed E-state index contributed by atoms with van der Waals surface area (Å²) in [5, 5.41) is 0. The van der Waals surface area contributed by atoms with Gasteiger partial charge in [0.25, 0.3) is 4.70 Å². The maximum absolute atomic E-state index is 4.08. The summed E-state index contributed by atoms with van der Waals surface area (Å²) in [4.78, 5) is 0. The molecule has 1 aliphatic rings. The Kier molecular flexibility index (Phi) is 11.1. The van der Waals surface area contributed by atoms with Crippen molar-refractivity contribution >= 4 is 34.5 Å². The highest BCUT2D eigenvalue weighted by molar-refractivity contribution is 14.1. The summed E-state index contributed by atoms with van der Waals surface area (Å²) in [7, 11) is 3.02. The SMILES string of the molecule is C=C/C=C\C1=C(C=C)C(C=C)=C(/C=C\C)C1C(=C/C=C)/C(BN(C)B(C)I)=C\C. The molecule has 4 heteroatoms. The zero-order chi connectivity index (χ0) is 22.0. The lowest BCUT2D eigenvalue weighted by Crippen LogP contribution is -2.34. The lowest BCUT2D eigenvalue weighted by Gasteiger charge is -2.26.